The molecule has 1 aliphatic rings. The van der Waals surface area contributed by atoms with E-state index in [1.165, 1.54) is 0 Å². The first kappa shape index (κ1) is 15.1. The van der Waals surface area contributed by atoms with Crippen molar-refractivity contribution in [3.8, 4) is 0 Å². The van der Waals surface area contributed by atoms with Gasteiger partial charge in [0.1, 0.15) is 6.35 Å². The minimum absolute atomic E-state index is 0.0299. The van der Waals surface area contributed by atoms with Crippen LogP contribution >= 0.6 is 7.60 Å². The van der Waals surface area contributed by atoms with Crippen LogP contribution in [0.2, 0.25) is 0 Å². The smallest absolute Gasteiger partial charge is 0.356 e. The van der Waals surface area contributed by atoms with Crippen LogP contribution in [0.15, 0.2) is 0 Å². The lowest BCUT2D eigenvalue weighted by Gasteiger charge is -2.19. The topological polar surface area (TPSA) is 65.0 Å². The zero-order chi connectivity index (χ0) is 12.7. The van der Waals surface area contributed by atoms with Gasteiger partial charge in [-0.15, -0.1) is 0 Å². The van der Waals surface area contributed by atoms with Crippen molar-refractivity contribution in [1.29, 1.82) is 0 Å². The van der Waals surface area contributed by atoms with E-state index in [-0.39, 0.29) is 18.4 Å². The summed E-state index contributed by atoms with van der Waals surface area (Å²) in [5, 5.41) is 9.61. The fourth-order valence-electron chi connectivity index (χ4n) is 2.03. The summed E-state index contributed by atoms with van der Waals surface area (Å²) in [5.41, 5.74) is 0. The SMILES string of the molecule is CCOP(=O)(COC[C@@H]1CCC[C@H]1O)OCC. The Balaban J connectivity index is 2.29. The minimum atomic E-state index is -3.10. The molecule has 0 aromatic heterocycles. The van der Waals surface area contributed by atoms with Crippen molar-refractivity contribution < 1.29 is 23.5 Å². The second kappa shape index (κ2) is 7.49. The molecule has 0 saturated heterocycles. The normalized spacial score (nSPS) is 25.4. The standard InChI is InChI=1S/C11H23O5P/c1-3-15-17(13,16-4-2)9-14-8-10-6-5-7-11(10)12/h10-12H,3-9H2,1-2H3/t10-,11+/m0/s1. The van der Waals surface area contributed by atoms with Crippen LogP contribution in [0, 0.1) is 5.92 Å². The Morgan fingerprint density at radius 1 is 1.24 bits per heavy atom. The first-order valence-electron chi connectivity index (χ1n) is 6.25. The van der Waals surface area contributed by atoms with Crippen LogP contribution in [-0.4, -0.2) is 37.4 Å². The van der Waals surface area contributed by atoms with Gasteiger partial charge in [-0.3, -0.25) is 4.57 Å². The van der Waals surface area contributed by atoms with Gasteiger partial charge in [0.2, 0.25) is 0 Å². The van der Waals surface area contributed by atoms with Crippen LogP contribution in [0.4, 0.5) is 0 Å². The third-order valence-corrected chi connectivity index (χ3v) is 4.65. The van der Waals surface area contributed by atoms with Crippen molar-refractivity contribution >= 4 is 7.60 Å². The van der Waals surface area contributed by atoms with E-state index in [9.17, 15) is 9.67 Å². The minimum Gasteiger partial charge on any atom is -0.393 e. The van der Waals surface area contributed by atoms with E-state index in [1.54, 1.807) is 13.8 Å². The van der Waals surface area contributed by atoms with Crippen LogP contribution in [-0.2, 0) is 18.3 Å². The molecule has 2 atom stereocenters. The highest BCUT2D eigenvalue weighted by atomic mass is 31.2. The monoisotopic (exact) mass is 266 g/mol. The number of rotatable bonds is 8. The molecule has 0 amide bonds. The lowest BCUT2D eigenvalue weighted by Crippen LogP contribution is -2.19. The van der Waals surface area contributed by atoms with Gasteiger partial charge in [0, 0.05) is 5.92 Å². The van der Waals surface area contributed by atoms with Gasteiger partial charge in [-0.1, -0.05) is 6.42 Å². The Bertz CT molecular complexity index is 248. The quantitative estimate of drug-likeness (QED) is 0.683. The van der Waals surface area contributed by atoms with Crippen LogP contribution in [0.1, 0.15) is 33.1 Å². The van der Waals surface area contributed by atoms with Crippen LogP contribution < -0.4 is 0 Å². The van der Waals surface area contributed by atoms with Gasteiger partial charge < -0.3 is 18.9 Å². The van der Waals surface area contributed by atoms with Crippen LogP contribution in [0.3, 0.4) is 0 Å². The predicted octanol–water partition coefficient (Wildman–Crippen LogP) is 2.39. The maximum atomic E-state index is 12.0. The van der Waals surface area contributed by atoms with Gasteiger partial charge in [0.05, 0.1) is 25.9 Å². The molecule has 0 aromatic rings. The van der Waals surface area contributed by atoms with Crippen LogP contribution in [0.25, 0.3) is 0 Å². The van der Waals surface area contributed by atoms with Crippen molar-refractivity contribution in [1.82, 2.24) is 0 Å². The molecule has 5 nitrogen and oxygen atoms in total. The maximum absolute atomic E-state index is 12.0. The number of hydrogen-bond acceptors (Lipinski definition) is 5. The number of aliphatic hydroxyl groups excluding tert-OH is 1. The first-order valence-corrected chi connectivity index (χ1v) is 7.98. The summed E-state index contributed by atoms with van der Waals surface area (Å²) in [6.45, 7) is 4.64. The molecule has 0 aliphatic heterocycles. The van der Waals surface area contributed by atoms with Gasteiger partial charge in [0.15, 0.2) is 0 Å². The lowest BCUT2D eigenvalue weighted by atomic mass is 10.1. The fourth-order valence-corrected chi connectivity index (χ4v) is 3.37. The summed E-state index contributed by atoms with van der Waals surface area (Å²) < 4.78 is 27.6. The molecule has 0 unspecified atom stereocenters. The molecular weight excluding hydrogens is 243 g/mol. The lowest BCUT2D eigenvalue weighted by molar-refractivity contribution is 0.0519. The summed E-state index contributed by atoms with van der Waals surface area (Å²) in [5.74, 6) is 0.159. The molecule has 6 heteroatoms. The Morgan fingerprint density at radius 2 is 1.88 bits per heavy atom. The third kappa shape index (κ3) is 5.06. The summed E-state index contributed by atoms with van der Waals surface area (Å²) in [6.07, 6.45) is 2.52. The van der Waals surface area contributed by atoms with Crippen molar-refractivity contribution in [2.45, 2.75) is 39.2 Å². The first-order chi connectivity index (χ1) is 8.11. The fraction of sp³-hybridized carbons (Fsp3) is 1.00. The second-order valence-electron chi connectivity index (χ2n) is 4.20. The van der Waals surface area contributed by atoms with E-state index in [0.29, 0.717) is 19.8 Å². The maximum Gasteiger partial charge on any atom is 0.356 e. The third-order valence-electron chi connectivity index (χ3n) is 2.85. The Morgan fingerprint density at radius 3 is 2.35 bits per heavy atom. The van der Waals surface area contributed by atoms with Gasteiger partial charge in [-0.25, -0.2) is 0 Å². The van der Waals surface area contributed by atoms with E-state index in [2.05, 4.69) is 0 Å². The summed E-state index contributed by atoms with van der Waals surface area (Å²) in [7, 11) is -3.10. The van der Waals surface area contributed by atoms with Gasteiger partial charge in [0.25, 0.3) is 0 Å². The number of hydrogen-bond donors (Lipinski definition) is 1. The molecule has 1 rings (SSSR count). The molecular formula is C11H23O5P. The average molecular weight is 266 g/mol. The molecule has 0 spiro atoms. The van der Waals surface area contributed by atoms with Crippen molar-refractivity contribution in [3.05, 3.63) is 0 Å². The Labute approximate surface area is 103 Å². The van der Waals surface area contributed by atoms with Crippen molar-refractivity contribution in [2.75, 3.05) is 26.2 Å². The second-order valence-corrected chi connectivity index (χ2v) is 6.20. The molecule has 0 heterocycles. The van der Waals surface area contributed by atoms with E-state index in [4.69, 9.17) is 13.8 Å². The highest BCUT2D eigenvalue weighted by molar-refractivity contribution is 7.53. The van der Waals surface area contributed by atoms with E-state index < -0.39 is 7.60 Å². The summed E-state index contributed by atoms with van der Waals surface area (Å²) >= 11 is 0. The molecule has 1 aliphatic carbocycles. The molecule has 1 saturated carbocycles. The molecule has 17 heavy (non-hydrogen) atoms. The highest BCUT2D eigenvalue weighted by Crippen LogP contribution is 2.48. The van der Waals surface area contributed by atoms with Gasteiger partial charge in [-0.2, -0.15) is 0 Å². The largest absolute Gasteiger partial charge is 0.393 e. The number of aliphatic hydroxyl groups is 1. The van der Waals surface area contributed by atoms with Crippen molar-refractivity contribution in [3.63, 3.8) is 0 Å². The molecule has 0 radical (unpaired) electrons. The molecule has 102 valence electrons. The molecule has 0 aromatic carbocycles. The molecule has 1 N–H and O–H groups in total. The predicted molar refractivity (Wildman–Crippen MR) is 65.0 cm³/mol. The van der Waals surface area contributed by atoms with Gasteiger partial charge in [-0.05, 0) is 26.7 Å². The average Bonchev–Trinajstić information content (AvgIpc) is 2.65. The Hall–Kier alpha value is 0.0700. The highest BCUT2D eigenvalue weighted by Gasteiger charge is 2.28. The summed E-state index contributed by atoms with van der Waals surface area (Å²) in [6, 6.07) is 0. The van der Waals surface area contributed by atoms with E-state index in [0.717, 1.165) is 19.3 Å². The Kier molecular flexibility index (Phi) is 6.67. The van der Waals surface area contributed by atoms with Crippen LogP contribution in [0.5, 0.6) is 0 Å². The van der Waals surface area contributed by atoms with E-state index in [1.807, 2.05) is 0 Å². The number of ether oxygens (including phenoxy) is 1. The zero-order valence-electron chi connectivity index (χ0n) is 10.6. The molecule has 1 fully saturated rings. The zero-order valence-corrected chi connectivity index (χ0v) is 11.5. The van der Waals surface area contributed by atoms with E-state index >= 15 is 0 Å². The molecule has 0 bridgehead atoms. The van der Waals surface area contributed by atoms with Gasteiger partial charge >= 0.3 is 7.60 Å². The summed E-state index contributed by atoms with van der Waals surface area (Å²) in [4.78, 5) is 0. The van der Waals surface area contributed by atoms with Crippen molar-refractivity contribution in [2.24, 2.45) is 5.92 Å².